The van der Waals surface area contributed by atoms with Crippen molar-refractivity contribution in [1.29, 1.82) is 0 Å². The van der Waals surface area contributed by atoms with Crippen LogP contribution in [-0.2, 0) is 5.41 Å². The van der Waals surface area contributed by atoms with Gasteiger partial charge in [0.2, 0.25) is 6.71 Å². The Morgan fingerprint density at radius 1 is 0.410 bits per heavy atom. The minimum absolute atomic E-state index is 0.0705. The van der Waals surface area contributed by atoms with Gasteiger partial charge in [0.15, 0.2) is 22.4 Å². The molecule has 61 heavy (non-hydrogen) atoms. The van der Waals surface area contributed by atoms with E-state index in [0.717, 1.165) is 82.3 Å². The van der Waals surface area contributed by atoms with Crippen LogP contribution in [0, 0.1) is 0 Å². The Bertz CT molecular complexity index is 3970. The monoisotopic (exact) mass is 775 g/mol. The van der Waals surface area contributed by atoms with Gasteiger partial charge in [0.1, 0.15) is 0 Å². The highest BCUT2D eigenvalue weighted by Crippen LogP contribution is 2.59. The standard InChI is InChI=1S/C55H26BNO4/c58-51-31-10-1-3-19-42(31)57-43-20-4-2-11-32(43)52(59)38-26-29(25-37(51)50(38)57)30-24-23-28-22-21-27-9-5-16-39-44(27)45(28)46(30)55(39)40-17-7-14-35-48(40)56-47-33(53(35)60)12-6-13-34(47)54(61)36-15-8-18-41(55)49(36)56/h1-26H. The molecule has 5 heterocycles. The zero-order valence-electron chi connectivity index (χ0n) is 32.2. The van der Waals surface area contributed by atoms with Crippen LogP contribution in [0.25, 0.3) is 70.8 Å². The molecule has 0 saturated carbocycles. The summed E-state index contributed by atoms with van der Waals surface area (Å²) in [6, 6.07) is 52.2. The number of carbonyl (C=O) groups excluding carboxylic acids is 2. The second kappa shape index (κ2) is 10.4. The number of ketones is 2. The van der Waals surface area contributed by atoms with Gasteiger partial charge in [-0.25, -0.2) is 0 Å². The number of nitrogens with zero attached hydrogens (tertiary/aromatic N) is 1. The van der Waals surface area contributed by atoms with Gasteiger partial charge in [-0.1, -0.05) is 132 Å². The van der Waals surface area contributed by atoms with Gasteiger partial charge in [-0.3, -0.25) is 19.2 Å². The number of hydrogen-bond donors (Lipinski definition) is 0. The van der Waals surface area contributed by atoms with Crippen molar-refractivity contribution in [2.45, 2.75) is 5.41 Å². The fraction of sp³-hybridized carbons (Fsp3) is 0.0182. The number of benzene rings is 9. The molecule has 3 aliphatic heterocycles. The Morgan fingerprint density at radius 2 is 0.902 bits per heavy atom. The lowest BCUT2D eigenvalue weighted by Gasteiger charge is -2.47. The predicted molar refractivity (Wildman–Crippen MR) is 244 cm³/mol. The van der Waals surface area contributed by atoms with Crippen LogP contribution in [-0.4, -0.2) is 22.7 Å². The zero-order chi connectivity index (χ0) is 40.2. The number of rotatable bonds is 1. The number of hydrogen-bond acceptors (Lipinski definition) is 4. The topological polar surface area (TPSA) is 72.7 Å². The van der Waals surface area contributed by atoms with Gasteiger partial charge in [0.25, 0.3) is 0 Å². The Kier molecular flexibility index (Phi) is 5.46. The summed E-state index contributed by atoms with van der Waals surface area (Å²) < 4.78 is 2.08. The van der Waals surface area contributed by atoms with E-state index in [1.54, 1.807) is 0 Å². The summed E-state index contributed by atoms with van der Waals surface area (Å²) in [4.78, 5) is 59.0. The normalized spacial score (nSPS) is 14.9. The minimum atomic E-state index is -0.970. The van der Waals surface area contributed by atoms with Crippen LogP contribution in [0.5, 0.6) is 0 Å². The van der Waals surface area contributed by atoms with Gasteiger partial charge in [-0.15, -0.1) is 0 Å². The van der Waals surface area contributed by atoms with Crippen molar-refractivity contribution in [3.05, 3.63) is 223 Å². The summed E-state index contributed by atoms with van der Waals surface area (Å²) in [5, 5.41) is 6.47. The molecule has 11 aromatic rings. The first-order valence-electron chi connectivity index (χ1n) is 20.7. The van der Waals surface area contributed by atoms with E-state index in [2.05, 4.69) is 59.0 Å². The molecule has 15 rings (SSSR count). The van der Waals surface area contributed by atoms with Crippen molar-refractivity contribution >= 4 is 94.3 Å². The number of para-hydroxylation sites is 2. The molecule has 1 spiro atoms. The number of fused-ring (bicyclic) bond motifs is 8. The van der Waals surface area contributed by atoms with Crippen molar-refractivity contribution < 1.29 is 9.59 Å². The fourth-order valence-electron chi connectivity index (χ4n) is 12.5. The van der Waals surface area contributed by atoms with Crippen molar-refractivity contribution in [2.75, 3.05) is 0 Å². The van der Waals surface area contributed by atoms with Gasteiger partial charge in [-0.2, -0.15) is 0 Å². The van der Waals surface area contributed by atoms with Gasteiger partial charge < -0.3 is 4.40 Å². The molecule has 0 amide bonds. The van der Waals surface area contributed by atoms with Crippen LogP contribution in [0.2, 0.25) is 0 Å². The minimum Gasteiger partial charge on any atom is -0.308 e. The van der Waals surface area contributed by atoms with Gasteiger partial charge >= 0.3 is 0 Å². The van der Waals surface area contributed by atoms with Crippen molar-refractivity contribution in [2.24, 2.45) is 0 Å². The van der Waals surface area contributed by atoms with E-state index < -0.39 is 5.41 Å². The first-order valence-corrected chi connectivity index (χ1v) is 20.7. The average molecular weight is 776 g/mol. The van der Waals surface area contributed by atoms with Crippen molar-refractivity contribution in [3.63, 3.8) is 0 Å². The van der Waals surface area contributed by atoms with Gasteiger partial charge in [0, 0.05) is 43.8 Å². The Morgan fingerprint density at radius 3 is 1.51 bits per heavy atom. The molecule has 0 unspecified atom stereocenters. The van der Waals surface area contributed by atoms with E-state index in [0.29, 0.717) is 49.3 Å². The summed E-state index contributed by atoms with van der Waals surface area (Å²) in [5.74, 6) is -0.141. The molecule has 278 valence electrons. The highest BCUT2D eigenvalue weighted by Gasteiger charge is 2.57. The van der Waals surface area contributed by atoms with Crippen LogP contribution in [0.1, 0.15) is 54.1 Å². The summed E-state index contributed by atoms with van der Waals surface area (Å²) >= 11 is 0. The second-order valence-corrected chi connectivity index (χ2v) is 17.1. The second-order valence-electron chi connectivity index (χ2n) is 17.1. The molecule has 0 saturated heterocycles. The van der Waals surface area contributed by atoms with Crippen molar-refractivity contribution in [3.8, 4) is 11.1 Å². The zero-order valence-corrected chi connectivity index (χ0v) is 32.2. The molecule has 4 aliphatic rings. The third-order valence-electron chi connectivity index (χ3n) is 14.7. The van der Waals surface area contributed by atoms with Gasteiger partial charge in [-0.05, 0) is 96.8 Å². The highest BCUT2D eigenvalue weighted by molar-refractivity contribution is 7.01. The van der Waals surface area contributed by atoms with E-state index in [4.69, 9.17) is 0 Å². The molecule has 2 aromatic heterocycles. The number of pyridine rings is 2. The Balaban J connectivity index is 1.16. The maximum atomic E-state index is 14.8. The fourth-order valence-corrected chi connectivity index (χ4v) is 12.5. The summed E-state index contributed by atoms with van der Waals surface area (Å²) in [6.45, 7) is -0.301. The summed E-state index contributed by atoms with van der Waals surface area (Å²) in [7, 11) is 0. The van der Waals surface area contributed by atoms with Gasteiger partial charge in [0.05, 0.1) is 22.0 Å². The third-order valence-corrected chi connectivity index (χ3v) is 14.7. The van der Waals surface area contributed by atoms with Crippen LogP contribution in [0.3, 0.4) is 0 Å². The number of aromatic nitrogens is 1. The molecule has 6 heteroatoms. The lowest BCUT2D eigenvalue weighted by Crippen LogP contribution is -2.69. The number of carbonyl (C=O) groups is 2. The lowest BCUT2D eigenvalue weighted by atomic mass is 9.25. The molecular formula is C55H26BNO4. The maximum absolute atomic E-state index is 14.8. The lowest BCUT2D eigenvalue weighted by molar-refractivity contribution is 0.103. The quantitative estimate of drug-likeness (QED) is 0.0960. The molecule has 1 aliphatic carbocycles. The van der Waals surface area contributed by atoms with E-state index in [9.17, 15) is 19.2 Å². The average Bonchev–Trinajstić information content (AvgIpc) is 3.62. The van der Waals surface area contributed by atoms with Crippen LogP contribution < -0.4 is 27.2 Å². The van der Waals surface area contributed by atoms with Crippen molar-refractivity contribution in [1.82, 2.24) is 4.40 Å². The Hall–Kier alpha value is -7.96. The highest BCUT2D eigenvalue weighted by atomic mass is 16.1. The van der Waals surface area contributed by atoms with Crippen LogP contribution in [0.4, 0.5) is 0 Å². The summed E-state index contributed by atoms with van der Waals surface area (Å²) in [6.07, 6.45) is 0. The van der Waals surface area contributed by atoms with E-state index in [-0.39, 0.29) is 29.1 Å². The largest absolute Gasteiger partial charge is 0.308 e. The molecule has 5 nitrogen and oxygen atoms in total. The SMILES string of the molecule is O=C1c2cccc3c2B2c4c1cccc4C1(c4cccc(c42)C3=O)c2cccc3ccc4ccc(-c5cc6c(=O)c7ccccc7n7c8ccccc8c(=O)c(c5)c67)c1c4c23. The predicted octanol–water partition coefficient (Wildman–Crippen LogP) is 8.15. The first kappa shape index (κ1) is 32.0. The molecule has 0 fully saturated rings. The van der Waals surface area contributed by atoms with Crippen LogP contribution in [0.15, 0.2) is 167 Å². The third kappa shape index (κ3) is 3.39. The smallest absolute Gasteiger partial charge is 0.245 e. The molecule has 0 radical (unpaired) electrons. The van der Waals surface area contributed by atoms with E-state index in [1.165, 1.54) is 0 Å². The molecular weight excluding hydrogens is 749 g/mol. The van der Waals surface area contributed by atoms with E-state index >= 15 is 0 Å². The molecule has 0 N–H and O–H groups in total. The van der Waals surface area contributed by atoms with Crippen LogP contribution >= 0.6 is 0 Å². The molecule has 0 bridgehead atoms. The summed E-state index contributed by atoms with van der Waals surface area (Å²) in [5.41, 5.74) is 11.9. The maximum Gasteiger partial charge on any atom is 0.245 e. The molecule has 0 atom stereocenters. The molecule has 9 aromatic carbocycles. The van der Waals surface area contributed by atoms with E-state index in [1.807, 2.05) is 103 Å². The Labute approximate surface area is 346 Å². The first-order chi connectivity index (χ1) is 30.0.